The van der Waals surface area contributed by atoms with Gasteiger partial charge in [-0.2, -0.15) is 0 Å². The van der Waals surface area contributed by atoms with Gasteiger partial charge in [0, 0.05) is 31.2 Å². The average molecular weight is 291 g/mol. The van der Waals surface area contributed by atoms with E-state index in [2.05, 4.69) is 38.8 Å². The van der Waals surface area contributed by atoms with Crippen LogP contribution in [0.3, 0.4) is 0 Å². The number of likely N-dealkylation sites (tertiary alicyclic amines) is 1. The second-order valence-electron chi connectivity index (χ2n) is 7.47. The van der Waals surface area contributed by atoms with Crippen LogP contribution in [-0.2, 0) is 14.3 Å². The molecule has 0 aromatic rings. The van der Waals surface area contributed by atoms with E-state index >= 15 is 0 Å². The summed E-state index contributed by atoms with van der Waals surface area (Å²) < 4.78 is 5.74. The molecule has 0 amide bonds. The monoisotopic (exact) mass is 291 g/mol. The maximum Gasteiger partial charge on any atom is 0.302 e. The second kappa shape index (κ2) is 4.67. The third-order valence-electron chi connectivity index (χ3n) is 5.88. The van der Waals surface area contributed by atoms with Gasteiger partial charge in [0.1, 0.15) is 6.10 Å². The van der Waals surface area contributed by atoms with Crippen LogP contribution in [-0.4, -0.2) is 42.4 Å². The number of hydrogen-bond donors (Lipinski definition) is 0. The molecule has 3 rings (SSSR count). The van der Waals surface area contributed by atoms with E-state index in [1.165, 1.54) is 6.92 Å². The molecule has 3 aliphatic rings. The lowest BCUT2D eigenvalue weighted by atomic mass is 9.64. The summed E-state index contributed by atoms with van der Waals surface area (Å²) in [7, 11) is 2.09. The standard InChI is InChI=1S/C17H25NO3/c1-9(2)12-7-13-14(20)6-11-8-18(5)16(17(11,13)4)15(12)21-10(3)19/h7,9,11-12,15-16H,6,8H2,1-5H3/t11-,12-,15-,16-,17+/m1/s1. The second-order valence-corrected chi connectivity index (χ2v) is 7.47. The number of ketones is 1. The quantitative estimate of drug-likeness (QED) is 0.731. The van der Waals surface area contributed by atoms with Crippen LogP contribution in [0.25, 0.3) is 0 Å². The molecule has 1 aliphatic heterocycles. The Morgan fingerprint density at radius 2 is 2.14 bits per heavy atom. The molecule has 1 heterocycles. The van der Waals surface area contributed by atoms with E-state index in [0.29, 0.717) is 24.0 Å². The molecular formula is C17H25NO3. The predicted molar refractivity (Wildman–Crippen MR) is 79.6 cm³/mol. The molecule has 2 aliphatic carbocycles. The minimum atomic E-state index is -0.229. The van der Waals surface area contributed by atoms with E-state index in [4.69, 9.17) is 4.74 Å². The number of hydrogen-bond acceptors (Lipinski definition) is 4. The Balaban J connectivity index is 2.11. The van der Waals surface area contributed by atoms with Gasteiger partial charge in [0.25, 0.3) is 0 Å². The Hall–Kier alpha value is -1.16. The van der Waals surface area contributed by atoms with Gasteiger partial charge in [0.15, 0.2) is 5.78 Å². The molecule has 0 spiro atoms. The van der Waals surface area contributed by atoms with Crippen molar-refractivity contribution in [3.8, 4) is 0 Å². The van der Waals surface area contributed by atoms with Gasteiger partial charge < -0.3 is 4.74 Å². The van der Waals surface area contributed by atoms with Gasteiger partial charge >= 0.3 is 5.97 Å². The molecule has 2 fully saturated rings. The lowest BCUT2D eigenvalue weighted by Gasteiger charge is -2.46. The Morgan fingerprint density at radius 1 is 1.48 bits per heavy atom. The van der Waals surface area contributed by atoms with Gasteiger partial charge in [-0.1, -0.05) is 26.8 Å². The lowest BCUT2D eigenvalue weighted by Crippen LogP contribution is -2.54. The zero-order chi connectivity index (χ0) is 15.5. The summed E-state index contributed by atoms with van der Waals surface area (Å²) in [6, 6.07) is 0.116. The summed E-state index contributed by atoms with van der Waals surface area (Å²) in [5.41, 5.74) is 0.834. The number of esters is 1. The first-order valence-corrected chi connectivity index (χ1v) is 7.89. The Kier molecular flexibility index (Phi) is 3.28. The van der Waals surface area contributed by atoms with Crippen LogP contribution in [0.2, 0.25) is 0 Å². The van der Waals surface area contributed by atoms with Gasteiger partial charge in [0.2, 0.25) is 0 Å². The largest absolute Gasteiger partial charge is 0.460 e. The van der Waals surface area contributed by atoms with Crippen molar-refractivity contribution in [2.24, 2.45) is 23.2 Å². The molecule has 116 valence electrons. The molecule has 0 aromatic heterocycles. The minimum Gasteiger partial charge on any atom is -0.460 e. The topological polar surface area (TPSA) is 46.6 Å². The van der Waals surface area contributed by atoms with Crippen LogP contribution in [0.4, 0.5) is 0 Å². The SMILES string of the molecule is CC(=O)O[C@@H]1[C@@H](C(C)C)C=C2C(=O)C[C@@H]3CN(C)[C@H]1[C@]23C. The van der Waals surface area contributed by atoms with Crippen LogP contribution in [0.15, 0.2) is 11.6 Å². The highest BCUT2D eigenvalue weighted by atomic mass is 16.5. The summed E-state index contributed by atoms with van der Waals surface area (Å²) in [6.45, 7) is 8.84. The third kappa shape index (κ3) is 1.91. The zero-order valence-corrected chi connectivity index (χ0v) is 13.6. The maximum atomic E-state index is 12.4. The number of rotatable bonds is 2. The van der Waals surface area contributed by atoms with E-state index in [0.717, 1.165) is 12.1 Å². The van der Waals surface area contributed by atoms with E-state index in [9.17, 15) is 9.59 Å². The number of likely N-dealkylation sites (N-methyl/N-ethyl adjacent to an activating group) is 1. The van der Waals surface area contributed by atoms with Crippen molar-refractivity contribution in [3.05, 3.63) is 11.6 Å². The molecule has 0 bridgehead atoms. The molecule has 0 N–H and O–H groups in total. The molecule has 21 heavy (non-hydrogen) atoms. The van der Waals surface area contributed by atoms with Crippen LogP contribution in [0.5, 0.6) is 0 Å². The van der Waals surface area contributed by atoms with Gasteiger partial charge in [0.05, 0.1) is 6.04 Å². The van der Waals surface area contributed by atoms with Crippen molar-refractivity contribution < 1.29 is 14.3 Å². The number of Topliss-reactive ketones (excluding diaryl/α,β-unsaturated/α-hetero) is 1. The average Bonchev–Trinajstić information content (AvgIpc) is 2.73. The highest BCUT2D eigenvalue weighted by Gasteiger charge is 2.64. The van der Waals surface area contributed by atoms with Crippen molar-refractivity contribution >= 4 is 11.8 Å². The summed E-state index contributed by atoms with van der Waals surface area (Å²) in [4.78, 5) is 26.3. The first-order valence-electron chi connectivity index (χ1n) is 7.89. The van der Waals surface area contributed by atoms with Crippen molar-refractivity contribution in [3.63, 3.8) is 0 Å². The molecule has 4 nitrogen and oxygen atoms in total. The summed E-state index contributed by atoms with van der Waals surface area (Å²) in [6.07, 6.45) is 2.61. The van der Waals surface area contributed by atoms with E-state index < -0.39 is 0 Å². The van der Waals surface area contributed by atoms with E-state index in [-0.39, 0.29) is 29.4 Å². The Bertz CT molecular complexity index is 524. The van der Waals surface area contributed by atoms with Crippen molar-refractivity contribution in [2.45, 2.75) is 46.3 Å². The minimum absolute atomic E-state index is 0.116. The maximum absolute atomic E-state index is 12.4. The molecule has 1 saturated heterocycles. The van der Waals surface area contributed by atoms with Gasteiger partial charge in [-0.25, -0.2) is 0 Å². The van der Waals surface area contributed by atoms with E-state index in [1.807, 2.05) is 0 Å². The van der Waals surface area contributed by atoms with Crippen LogP contribution >= 0.6 is 0 Å². The Morgan fingerprint density at radius 3 is 2.71 bits per heavy atom. The summed E-state index contributed by atoms with van der Waals surface area (Å²) >= 11 is 0. The zero-order valence-electron chi connectivity index (χ0n) is 13.6. The highest BCUT2D eigenvalue weighted by molar-refractivity contribution is 6.00. The van der Waals surface area contributed by atoms with Crippen molar-refractivity contribution in [1.82, 2.24) is 4.90 Å². The smallest absolute Gasteiger partial charge is 0.302 e. The highest BCUT2D eigenvalue weighted by Crippen LogP contribution is 2.58. The first-order chi connectivity index (χ1) is 9.76. The normalized spacial score (nSPS) is 42.2. The lowest BCUT2D eigenvalue weighted by molar-refractivity contribution is -0.155. The molecular weight excluding hydrogens is 266 g/mol. The number of carbonyl (C=O) groups is 2. The van der Waals surface area contributed by atoms with Crippen LogP contribution < -0.4 is 0 Å². The van der Waals surface area contributed by atoms with Crippen molar-refractivity contribution in [1.29, 1.82) is 0 Å². The fourth-order valence-electron chi connectivity index (χ4n) is 4.91. The Labute approximate surface area is 126 Å². The fourth-order valence-corrected chi connectivity index (χ4v) is 4.91. The van der Waals surface area contributed by atoms with Gasteiger partial charge in [-0.05, 0) is 24.5 Å². The molecule has 5 atom stereocenters. The number of ether oxygens (including phenoxy) is 1. The molecule has 0 unspecified atom stereocenters. The molecule has 0 radical (unpaired) electrons. The molecule has 0 aromatic carbocycles. The summed E-state index contributed by atoms with van der Waals surface area (Å²) in [5.74, 6) is 0.884. The van der Waals surface area contributed by atoms with Crippen LogP contribution in [0, 0.1) is 23.2 Å². The molecule has 4 heteroatoms. The van der Waals surface area contributed by atoms with Gasteiger partial charge in [-0.3, -0.25) is 14.5 Å². The summed E-state index contributed by atoms with van der Waals surface area (Å²) in [5, 5.41) is 0. The number of nitrogens with zero attached hydrogens (tertiary/aromatic N) is 1. The van der Waals surface area contributed by atoms with Crippen LogP contribution in [0.1, 0.15) is 34.1 Å². The number of carbonyl (C=O) groups excluding carboxylic acids is 2. The van der Waals surface area contributed by atoms with Gasteiger partial charge in [-0.15, -0.1) is 0 Å². The fraction of sp³-hybridized carbons (Fsp3) is 0.765. The third-order valence-corrected chi connectivity index (χ3v) is 5.88. The van der Waals surface area contributed by atoms with Crippen molar-refractivity contribution in [2.75, 3.05) is 13.6 Å². The van der Waals surface area contributed by atoms with E-state index in [1.54, 1.807) is 0 Å². The predicted octanol–water partition coefficient (Wildman–Crippen LogP) is 2.04. The molecule has 1 saturated carbocycles. The first kappa shape index (κ1) is 14.8.